The maximum absolute atomic E-state index is 5.80. The van der Waals surface area contributed by atoms with Crippen LogP contribution in [0, 0.1) is 0 Å². The zero-order valence-electron chi connectivity index (χ0n) is 15.2. The van der Waals surface area contributed by atoms with Crippen molar-refractivity contribution < 1.29 is 9.47 Å². The van der Waals surface area contributed by atoms with Crippen molar-refractivity contribution in [1.82, 2.24) is 4.90 Å². The molecule has 1 fully saturated rings. The average molecular weight is 339 g/mol. The predicted molar refractivity (Wildman–Crippen MR) is 102 cm³/mol. The molecule has 0 spiro atoms. The van der Waals surface area contributed by atoms with Gasteiger partial charge in [0.2, 0.25) is 0 Å². The van der Waals surface area contributed by atoms with Gasteiger partial charge in [0.15, 0.2) is 0 Å². The van der Waals surface area contributed by atoms with E-state index in [9.17, 15) is 0 Å². The number of nitrogens with zero attached hydrogens (tertiary/aromatic N) is 1. The molecule has 1 saturated heterocycles. The van der Waals surface area contributed by atoms with E-state index in [0.29, 0.717) is 12.6 Å². The lowest BCUT2D eigenvalue weighted by Crippen LogP contribution is -2.45. The third kappa shape index (κ3) is 5.58. The molecule has 1 atom stereocenters. The third-order valence-corrected chi connectivity index (χ3v) is 4.90. The molecular weight excluding hydrogens is 310 g/mol. The summed E-state index contributed by atoms with van der Waals surface area (Å²) in [6.07, 6.45) is 3.51. The molecule has 3 heteroatoms. The van der Waals surface area contributed by atoms with Crippen LogP contribution in [0.25, 0.3) is 0 Å². The number of hydrogen-bond donors (Lipinski definition) is 0. The Labute approximate surface area is 151 Å². The first-order valence-electron chi connectivity index (χ1n) is 9.42. The van der Waals surface area contributed by atoms with Crippen LogP contribution in [0.2, 0.25) is 0 Å². The second-order valence-corrected chi connectivity index (χ2v) is 6.69. The Morgan fingerprint density at radius 3 is 2.56 bits per heavy atom. The molecule has 1 heterocycles. The lowest BCUT2D eigenvalue weighted by Gasteiger charge is -2.35. The Balaban J connectivity index is 1.41. The first-order valence-corrected chi connectivity index (χ1v) is 9.42. The predicted octanol–water partition coefficient (Wildman–Crippen LogP) is 4.31. The van der Waals surface area contributed by atoms with Crippen molar-refractivity contribution >= 4 is 0 Å². The molecule has 0 bridgehead atoms. The van der Waals surface area contributed by atoms with E-state index < -0.39 is 0 Å². The zero-order valence-corrected chi connectivity index (χ0v) is 15.2. The largest absolute Gasteiger partial charge is 0.489 e. The number of para-hydroxylation sites is 1. The van der Waals surface area contributed by atoms with E-state index in [1.165, 1.54) is 30.5 Å². The first kappa shape index (κ1) is 18.0. The summed E-state index contributed by atoms with van der Waals surface area (Å²) >= 11 is 0. The number of aryl methyl sites for hydroxylation is 1. The van der Waals surface area contributed by atoms with Crippen LogP contribution in [0.15, 0.2) is 54.6 Å². The lowest BCUT2D eigenvalue weighted by atomic mass is 10.1. The fourth-order valence-electron chi connectivity index (χ4n) is 3.33. The van der Waals surface area contributed by atoms with Crippen molar-refractivity contribution in [3.05, 3.63) is 65.7 Å². The van der Waals surface area contributed by atoms with Gasteiger partial charge in [0.25, 0.3) is 0 Å². The molecule has 134 valence electrons. The number of morpholine rings is 1. The smallest absolute Gasteiger partial charge is 0.119 e. The van der Waals surface area contributed by atoms with Crippen LogP contribution in [0.3, 0.4) is 0 Å². The summed E-state index contributed by atoms with van der Waals surface area (Å²) in [4.78, 5) is 2.59. The van der Waals surface area contributed by atoms with Crippen LogP contribution in [0.4, 0.5) is 0 Å². The van der Waals surface area contributed by atoms with Gasteiger partial charge in [-0.2, -0.15) is 0 Å². The highest BCUT2D eigenvalue weighted by molar-refractivity contribution is 5.24. The SMILES string of the molecule is CC[C@H]1COCCN1CCCc1ccc(COc2ccccc2)cc1. The van der Waals surface area contributed by atoms with Gasteiger partial charge in [-0.3, -0.25) is 4.90 Å². The van der Waals surface area contributed by atoms with Gasteiger partial charge < -0.3 is 9.47 Å². The van der Waals surface area contributed by atoms with Crippen molar-refractivity contribution in [2.24, 2.45) is 0 Å². The maximum Gasteiger partial charge on any atom is 0.119 e. The third-order valence-electron chi connectivity index (χ3n) is 4.90. The van der Waals surface area contributed by atoms with Crippen LogP contribution in [0.1, 0.15) is 30.9 Å². The molecule has 1 aliphatic rings. The van der Waals surface area contributed by atoms with E-state index in [1.54, 1.807) is 0 Å². The highest BCUT2D eigenvalue weighted by Gasteiger charge is 2.20. The quantitative estimate of drug-likeness (QED) is 0.715. The van der Waals surface area contributed by atoms with Gasteiger partial charge in [0, 0.05) is 12.6 Å². The van der Waals surface area contributed by atoms with Crippen LogP contribution in [0.5, 0.6) is 5.75 Å². The minimum Gasteiger partial charge on any atom is -0.489 e. The molecule has 0 N–H and O–H groups in total. The molecule has 0 amide bonds. The monoisotopic (exact) mass is 339 g/mol. The zero-order chi connectivity index (χ0) is 17.3. The molecule has 1 aliphatic heterocycles. The van der Waals surface area contributed by atoms with E-state index in [2.05, 4.69) is 36.1 Å². The highest BCUT2D eigenvalue weighted by atomic mass is 16.5. The van der Waals surface area contributed by atoms with Gasteiger partial charge in [0.05, 0.1) is 13.2 Å². The summed E-state index contributed by atoms with van der Waals surface area (Å²) < 4.78 is 11.4. The van der Waals surface area contributed by atoms with E-state index in [4.69, 9.17) is 9.47 Å². The summed E-state index contributed by atoms with van der Waals surface area (Å²) in [5.74, 6) is 0.919. The van der Waals surface area contributed by atoms with Crippen LogP contribution < -0.4 is 4.74 Å². The van der Waals surface area contributed by atoms with Gasteiger partial charge in [-0.1, -0.05) is 49.4 Å². The van der Waals surface area contributed by atoms with E-state index >= 15 is 0 Å². The molecule has 2 aromatic carbocycles. The summed E-state index contributed by atoms with van der Waals surface area (Å²) in [5, 5.41) is 0. The molecule has 25 heavy (non-hydrogen) atoms. The molecule has 0 radical (unpaired) electrons. The number of rotatable bonds is 8. The number of ether oxygens (including phenoxy) is 2. The van der Waals surface area contributed by atoms with Gasteiger partial charge >= 0.3 is 0 Å². The van der Waals surface area contributed by atoms with Crippen molar-refractivity contribution in [3.8, 4) is 5.75 Å². The average Bonchev–Trinajstić information content (AvgIpc) is 2.68. The van der Waals surface area contributed by atoms with E-state index in [1.807, 2.05) is 30.3 Å². The molecule has 0 unspecified atom stereocenters. The van der Waals surface area contributed by atoms with Gasteiger partial charge in [0.1, 0.15) is 12.4 Å². The molecule has 0 saturated carbocycles. The van der Waals surface area contributed by atoms with Crippen molar-refractivity contribution in [1.29, 1.82) is 0 Å². The minimum atomic E-state index is 0.603. The molecule has 0 aliphatic carbocycles. The van der Waals surface area contributed by atoms with Crippen LogP contribution >= 0.6 is 0 Å². The topological polar surface area (TPSA) is 21.7 Å². The standard InChI is InChI=1S/C22H29NO2/c1-2-21-18-24-16-15-23(21)14-6-7-19-10-12-20(13-11-19)17-25-22-8-4-3-5-9-22/h3-5,8-13,21H,2,6-7,14-18H2,1H3/t21-/m0/s1. The molecule has 3 rings (SSSR count). The molecule has 2 aromatic rings. The molecule has 0 aromatic heterocycles. The van der Waals surface area contributed by atoms with E-state index in [-0.39, 0.29) is 0 Å². The number of benzene rings is 2. The molecule has 3 nitrogen and oxygen atoms in total. The summed E-state index contributed by atoms with van der Waals surface area (Å²) in [7, 11) is 0. The fraction of sp³-hybridized carbons (Fsp3) is 0.455. The number of hydrogen-bond acceptors (Lipinski definition) is 3. The fourth-order valence-corrected chi connectivity index (χ4v) is 3.33. The normalized spacial score (nSPS) is 18.2. The lowest BCUT2D eigenvalue weighted by molar-refractivity contribution is -0.00887. The Morgan fingerprint density at radius 1 is 1.04 bits per heavy atom. The van der Waals surface area contributed by atoms with E-state index in [0.717, 1.165) is 31.9 Å². The van der Waals surface area contributed by atoms with Crippen LogP contribution in [-0.4, -0.2) is 37.2 Å². The summed E-state index contributed by atoms with van der Waals surface area (Å²) in [6, 6.07) is 19.4. The van der Waals surface area contributed by atoms with Gasteiger partial charge in [-0.05, 0) is 49.1 Å². The first-order chi connectivity index (χ1) is 12.3. The second kappa shape index (κ2) is 9.59. The Hall–Kier alpha value is -1.84. The minimum absolute atomic E-state index is 0.603. The molecular formula is C22H29NO2. The Kier molecular flexibility index (Phi) is 6.89. The Morgan fingerprint density at radius 2 is 1.80 bits per heavy atom. The highest BCUT2D eigenvalue weighted by Crippen LogP contribution is 2.14. The van der Waals surface area contributed by atoms with Crippen molar-refractivity contribution in [2.75, 3.05) is 26.3 Å². The Bertz CT molecular complexity index is 612. The van der Waals surface area contributed by atoms with Crippen molar-refractivity contribution in [3.63, 3.8) is 0 Å². The second-order valence-electron chi connectivity index (χ2n) is 6.69. The van der Waals surface area contributed by atoms with Gasteiger partial charge in [-0.15, -0.1) is 0 Å². The summed E-state index contributed by atoms with van der Waals surface area (Å²) in [5.41, 5.74) is 2.62. The van der Waals surface area contributed by atoms with Crippen molar-refractivity contribution in [2.45, 2.75) is 38.8 Å². The summed E-state index contributed by atoms with van der Waals surface area (Å²) in [6.45, 7) is 6.90. The van der Waals surface area contributed by atoms with Crippen LogP contribution in [-0.2, 0) is 17.8 Å². The van der Waals surface area contributed by atoms with Gasteiger partial charge in [-0.25, -0.2) is 0 Å². The maximum atomic E-state index is 5.80.